The van der Waals surface area contributed by atoms with Gasteiger partial charge in [-0.15, -0.1) is 0 Å². The number of nitrogens with zero attached hydrogens (tertiary/aromatic N) is 1. The van der Waals surface area contributed by atoms with Gasteiger partial charge in [0.1, 0.15) is 0 Å². The van der Waals surface area contributed by atoms with Crippen LogP contribution in [0.5, 0.6) is 0 Å². The summed E-state index contributed by atoms with van der Waals surface area (Å²) < 4.78 is 26.2. The van der Waals surface area contributed by atoms with Gasteiger partial charge in [0.05, 0.1) is 5.75 Å². The van der Waals surface area contributed by atoms with Crippen LogP contribution in [0.25, 0.3) is 0 Å². The fourth-order valence-corrected chi connectivity index (χ4v) is 4.08. The number of hydrogen-bond acceptors (Lipinski definition) is 2. The molecule has 3 nitrogen and oxygen atoms in total. The Bertz CT molecular complexity index is 513. The van der Waals surface area contributed by atoms with E-state index < -0.39 is 10.0 Å². The standard InChI is InChI=1S/C14H20ClNO2S/c1-2-19(17,18)16-11-5-3-4-6-14(16)12-7-9-13(15)10-8-12/h7-10,14H,2-6,11H2,1H3. The van der Waals surface area contributed by atoms with Crippen molar-refractivity contribution in [3.05, 3.63) is 34.9 Å². The average molecular weight is 302 g/mol. The smallest absolute Gasteiger partial charge is 0.212 e. The van der Waals surface area contributed by atoms with E-state index in [0.717, 1.165) is 31.2 Å². The summed E-state index contributed by atoms with van der Waals surface area (Å²) in [7, 11) is -3.15. The van der Waals surface area contributed by atoms with Crippen LogP contribution in [0.2, 0.25) is 5.02 Å². The molecule has 106 valence electrons. The third-order valence-electron chi connectivity index (χ3n) is 3.68. The Balaban J connectivity index is 2.35. The summed E-state index contributed by atoms with van der Waals surface area (Å²) in [5.74, 6) is 0.164. The zero-order valence-corrected chi connectivity index (χ0v) is 12.8. The van der Waals surface area contributed by atoms with Gasteiger partial charge in [0.2, 0.25) is 10.0 Å². The van der Waals surface area contributed by atoms with Gasteiger partial charge in [-0.3, -0.25) is 0 Å². The Morgan fingerprint density at radius 1 is 1.21 bits per heavy atom. The van der Waals surface area contributed by atoms with Crippen LogP contribution in [0, 0.1) is 0 Å². The molecule has 0 N–H and O–H groups in total. The third-order valence-corrected chi connectivity index (χ3v) is 5.81. The lowest BCUT2D eigenvalue weighted by atomic mass is 10.0. The molecule has 0 bridgehead atoms. The summed E-state index contributed by atoms with van der Waals surface area (Å²) in [4.78, 5) is 0. The molecular weight excluding hydrogens is 282 g/mol. The third kappa shape index (κ3) is 3.50. The number of hydrogen-bond donors (Lipinski definition) is 0. The SMILES string of the molecule is CCS(=O)(=O)N1CCCCCC1c1ccc(Cl)cc1. The van der Waals surface area contributed by atoms with E-state index in [0.29, 0.717) is 11.6 Å². The number of sulfonamides is 1. The van der Waals surface area contributed by atoms with Gasteiger partial charge >= 0.3 is 0 Å². The second-order valence-corrected chi connectivity index (χ2v) is 7.57. The Morgan fingerprint density at radius 2 is 1.89 bits per heavy atom. The highest BCUT2D eigenvalue weighted by Gasteiger charge is 2.30. The summed E-state index contributed by atoms with van der Waals surface area (Å²) in [6.07, 6.45) is 4.01. The van der Waals surface area contributed by atoms with Crippen molar-refractivity contribution in [1.82, 2.24) is 4.31 Å². The maximum Gasteiger partial charge on any atom is 0.214 e. The highest BCUT2D eigenvalue weighted by Crippen LogP contribution is 2.32. The fourth-order valence-electron chi connectivity index (χ4n) is 2.60. The van der Waals surface area contributed by atoms with Crippen molar-refractivity contribution in [2.75, 3.05) is 12.3 Å². The predicted octanol–water partition coefficient (Wildman–Crippen LogP) is 3.61. The molecule has 5 heteroatoms. The maximum absolute atomic E-state index is 12.3. The number of halogens is 1. The lowest BCUT2D eigenvalue weighted by Crippen LogP contribution is -2.35. The molecule has 2 rings (SSSR count). The fraction of sp³-hybridized carbons (Fsp3) is 0.571. The molecule has 0 aliphatic carbocycles. The minimum Gasteiger partial charge on any atom is -0.212 e. The Morgan fingerprint density at radius 3 is 2.53 bits per heavy atom. The molecule has 0 radical (unpaired) electrons. The van der Waals surface area contributed by atoms with E-state index >= 15 is 0 Å². The first kappa shape index (κ1) is 14.8. The van der Waals surface area contributed by atoms with E-state index in [9.17, 15) is 8.42 Å². The van der Waals surface area contributed by atoms with Gasteiger partial charge in [-0.2, -0.15) is 4.31 Å². The summed E-state index contributed by atoms with van der Waals surface area (Å²) in [5, 5.41) is 0.683. The molecular formula is C14H20ClNO2S. The molecule has 0 aromatic heterocycles. The van der Waals surface area contributed by atoms with E-state index in [-0.39, 0.29) is 11.8 Å². The predicted molar refractivity (Wildman–Crippen MR) is 78.8 cm³/mol. The monoisotopic (exact) mass is 301 g/mol. The van der Waals surface area contributed by atoms with Crippen molar-refractivity contribution in [2.24, 2.45) is 0 Å². The van der Waals surface area contributed by atoms with Crippen LogP contribution < -0.4 is 0 Å². The van der Waals surface area contributed by atoms with Gasteiger partial charge in [0.15, 0.2) is 0 Å². The van der Waals surface area contributed by atoms with Crippen molar-refractivity contribution >= 4 is 21.6 Å². The zero-order chi connectivity index (χ0) is 13.9. The summed E-state index contributed by atoms with van der Waals surface area (Å²) in [6, 6.07) is 7.51. The molecule has 0 amide bonds. The van der Waals surface area contributed by atoms with E-state index in [1.165, 1.54) is 0 Å². The van der Waals surface area contributed by atoms with E-state index in [1.807, 2.05) is 24.3 Å². The van der Waals surface area contributed by atoms with Crippen molar-refractivity contribution in [2.45, 2.75) is 38.6 Å². The first-order chi connectivity index (χ1) is 9.04. The molecule has 0 saturated carbocycles. The topological polar surface area (TPSA) is 37.4 Å². The summed E-state index contributed by atoms with van der Waals surface area (Å²) in [6.45, 7) is 2.34. The molecule has 1 saturated heterocycles. The second kappa shape index (κ2) is 6.25. The van der Waals surface area contributed by atoms with Gasteiger partial charge in [0.25, 0.3) is 0 Å². The van der Waals surface area contributed by atoms with Crippen molar-refractivity contribution in [3.63, 3.8) is 0 Å². The van der Waals surface area contributed by atoms with Crippen LogP contribution in [0.4, 0.5) is 0 Å². The molecule has 1 unspecified atom stereocenters. The molecule has 1 aliphatic heterocycles. The van der Waals surface area contributed by atoms with Crippen molar-refractivity contribution in [1.29, 1.82) is 0 Å². The second-order valence-electron chi connectivity index (χ2n) is 4.93. The lowest BCUT2D eigenvalue weighted by molar-refractivity contribution is 0.329. The van der Waals surface area contributed by atoms with E-state index in [2.05, 4.69) is 0 Å². The van der Waals surface area contributed by atoms with Gasteiger partial charge in [-0.05, 0) is 37.5 Å². The summed E-state index contributed by atoms with van der Waals surface area (Å²) >= 11 is 5.90. The molecule has 1 fully saturated rings. The normalized spacial score (nSPS) is 22.1. The minimum atomic E-state index is -3.15. The minimum absolute atomic E-state index is 0.0373. The number of rotatable bonds is 3. The maximum atomic E-state index is 12.3. The molecule has 19 heavy (non-hydrogen) atoms. The van der Waals surface area contributed by atoms with Crippen LogP contribution in [0.1, 0.15) is 44.2 Å². The van der Waals surface area contributed by atoms with Gasteiger partial charge in [-0.25, -0.2) is 8.42 Å². The van der Waals surface area contributed by atoms with E-state index in [1.54, 1.807) is 11.2 Å². The highest BCUT2D eigenvalue weighted by atomic mass is 35.5. The first-order valence-electron chi connectivity index (χ1n) is 6.79. The number of benzene rings is 1. The molecule has 0 spiro atoms. The molecule has 1 aliphatic rings. The largest absolute Gasteiger partial charge is 0.214 e. The quantitative estimate of drug-likeness (QED) is 0.855. The Hall–Kier alpha value is -0.580. The molecule has 1 aromatic rings. The molecule has 1 aromatic carbocycles. The van der Waals surface area contributed by atoms with Gasteiger partial charge < -0.3 is 0 Å². The first-order valence-corrected chi connectivity index (χ1v) is 8.78. The lowest BCUT2D eigenvalue weighted by Gasteiger charge is -2.29. The zero-order valence-electron chi connectivity index (χ0n) is 11.2. The van der Waals surface area contributed by atoms with Gasteiger partial charge in [0, 0.05) is 17.6 Å². The molecule has 1 heterocycles. The van der Waals surface area contributed by atoms with Gasteiger partial charge in [-0.1, -0.05) is 36.6 Å². The van der Waals surface area contributed by atoms with Crippen LogP contribution in [0.3, 0.4) is 0 Å². The molecule has 1 atom stereocenters. The Labute approximate surface area is 120 Å². The van der Waals surface area contributed by atoms with Crippen molar-refractivity contribution in [3.8, 4) is 0 Å². The highest BCUT2D eigenvalue weighted by molar-refractivity contribution is 7.89. The van der Waals surface area contributed by atoms with Crippen molar-refractivity contribution < 1.29 is 8.42 Å². The van der Waals surface area contributed by atoms with Crippen LogP contribution >= 0.6 is 11.6 Å². The van der Waals surface area contributed by atoms with Crippen LogP contribution in [-0.2, 0) is 10.0 Å². The Kier molecular flexibility index (Phi) is 4.87. The summed E-state index contributed by atoms with van der Waals surface area (Å²) in [5.41, 5.74) is 1.04. The average Bonchev–Trinajstić information content (AvgIpc) is 2.66. The van der Waals surface area contributed by atoms with E-state index in [4.69, 9.17) is 11.6 Å². The van der Waals surface area contributed by atoms with Crippen LogP contribution in [0.15, 0.2) is 24.3 Å². The van der Waals surface area contributed by atoms with Crippen LogP contribution in [-0.4, -0.2) is 25.0 Å².